The molecule has 0 radical (unpaired) electrons. The van der Waals surface area contributed by atoms with Gasteiger partial charge in [-0.2, -0.15) is 0 Å². The first-order valence-corrected chi connectivity index (χ1v) is 11.5. The summed E-state index contributed by atoms with van der Waals surface area (Å²) in [5.41, 5.74) is 1.15. The lowest BCUT2D eigenvalue weighted by molar-refractivity contribution is -0.131. The van der Waals surface area contributed by atoms with E-state index in [1.807, 2.05) is 24.0 Å². The van der Waals surface area contributed by atoms with Crippen molar-refractivity contribution >= 4 is 11.6 Å². The molecule has 1 saturated heterocycles. The van der Waals surface area contributed by atoms with E-state index in [9.17, 15) is 4.79 Å². The van der Waals surface area contributed by atoms with Crippen molar-refractivity contribution < 1.29 is 9.53 Å². The number of anilines is 1. The highest BCUT2D eigenvalue weighted by Gasteiger charge is 2.22. The summed E-state index contributed by atoms with van der Waals surface area (Å²) >= 11 is 0. The molecule has 0 N–H and O–H groups in total. The third-order valence-electron chi connectivity index (χ3n) is 5.63. The molecule has 0 aromatic heterocycles. The molecule has 0 spiro atoms. The van der Waals surface area contributed by atoms with Gasteiger partial charge in [0.25, 0.3) is 0 Å². The third kappa shape index (κ3) is 7.73. The molecule has 1 aromatic carbocycles. The van der Waals surface area contributed by atoms with Crippen LogP contribution in [0.5, 0.6) is 5.75 Å². The van der Waals surface area contributed by atoms with Crippen LogP contribution in [0.1, 0.15) is 78.1 Å². The molecule has 4 nitrogen and oxygen atoms in total. The number of rotatable bonds is 13. The summed E-state index contributed by atoms with van der Waals surface area (Å²) in [6, 6.07) is 8.21. The zero-order valence-electron chi connectivity index (χ0n) is 18.1. The lowest BCUT2D eigenvalue weighted by atomic mass is 10.1. The molecule has 1 heterocycles. The number of piperazine rings is 1. The van der Waals surface area contributed by atoms with Gasteiger partial charge in [0, 0.05) is 32.6 Å². The van der Waals surface area contributed by atoms with Gasteiger partial charge in [-0.1, -0.05) is 70.4 Å². The van der Waals surface area contributed by atoms with Crippen molar-refractivity contribution in [3.05, 3.63) is 24.3 Å². The van der Waals surface area contributed by atoms with Gasteiger partial charge < -0.3 is 14.5 Å². The maximum Gasteiger partial charge on any atom is 0.222 e. The van der Waals surface area contributed by atoms with Crippen molar-refractivity contribution in [1.82, 2.24) is 4.90 Å². The molecule has 1 amide bonds. The minimum absolute atomic E-state index is 0.334. The van der Waals surface area contributed by atoms with Crippen molar-refractivity contribution in [2.24, 2.45) is 0 Å². The third-order valence-corrected chi connectivity index (χ3v) is 5.63. The molecule has 0 atom stereocenters. The van der Waals surface area contributed by atoms with Crippen molar-refractivity contribution in [2.75, 3.05) is 37.7 Å². The number of hydrogen-bond donors (Lipinski definition) is 0. The normalized spacial score (nSPS) is 14.4. The second-order valence-electron chi connectivity index (χ2n) is 7.85. The van der Waals surface area contributed by atoms with E-state index >= 15 is 0 Å². The first-order valence-electron chi connectivity index (χ1n) is 11.5. The van der Waals surface area contributed by atoms with Crippen molar-refractivity contribution in [1.29, 1.82) is 0 Å². The first kappa shape index (κ1) is 22.6. The summed E-state index contributed by atoms with van der Waals surface area (Å²) in [5, 5.41) is 0. The number of hydrogen-bond acceptors (Lipinski definition) is 3. The Morgan fingerprint density at radius 3 is 2.11 bits per heavy atom. The van der Waals surface area contributed by atoms with Gasteiger partial charge in [-0.05, 0) is 25.5 Å². The van der Waals surface area contributed by atoms with E-state index in [4.69, 9.17) is 4.74 Å². The van der Waals surface area contributed by atoms with E-state index in [1.165, 1.54) is 51.4 Å². The molecule has 0 aliphatic carbocycles. The molecular formula is C24H40N2O2. The molecule has 0 bridgehead atoms. The summed E-state index contributed by atoms with van der Waals surface area (Å²) in [7, 11) is 0. The first-order chi connectivity index (χ1) is 13.8. The molecule has 1 aromatic rings. The Bertz CT molecular complexity index is 553. The largest absolute Gasteiger partial charge is 0.492 e. The Morgan fingerprint density at radius 2 is 1.46 bits per heavy atom. The Balaban J connectivity index is 1.61. The number of unbranched alkanes of at least 4 members (excludes halogenated alkanes) is 8. The zero-order valence-corrected chi connectivity index (χ0v) is 18.1. The number of nitrogens with zero attached hydrogens (tertiary/aromatic N) is 2. The molecule has 1 aliphatic rings. The van der Waals surface area contributed by atoms with Crippen LogP contribution in [0, 0.1) is 0 Å². The summed E-state index contributed by atoms with van der Waals surface area (Å²) in [5.74, 6) is 1.28. The molecule has 1 fully saturated rings. The number of ether oxygens (including phenoxy) is 1. The fraction of sp³-hybridized carbons (Fsp3) is 0.708. The van der Waals surface area contributed by atoms with Gasteiger partial charge in [-0.3, -0.25) is 4.79 Å². The molecule has 4 heteroatoms. The fourth-order valence-corrected chi connectivity index (χ4v) is 3.94. The average Bonchev–Trinajstić information content (AvgIpc) is 2.73. The van der Waals surface area contributed by atoms with Gasteiger partial charge >= 0.3 is 0 Å². The number of benzene rings is 1. The van der Waals surface area contributed by atoms with Crippen LogP contribution >= 0.6 is 0 Å². The molecule has 2 rings (SSSR count). The van der Waals surface area contributed by atoms with Crippen LogP contribution in [0.4, 0.5) is 5.69 Å². The van der Waals surface area contributed by atoms with Gasteiger partial charge in [0.05, 0.1) is 12.3 Å². The second-order valence-corrected chi connectivity index (χ2v) is 7.85. The van der Waals surface area contributed by atoms with Crippen molar-refractivity contribution in [3.63, 3.8) is 0 Å². The average molecular weight is 389 g/mol. The maximum atomic E-state index is 12.5. The van der Waals surface area contributed by atoms with Crippen LogP contribution in [0.3, 0.4) is 0 Å². The van der Waals surface area contributed by atoms with E-state index in [-0.39, 0.29) is 0 Å². The highest BCUT2D eigenvalue weighted by molar-refractivity contribution is 5.76. The molecule has 0 unspecified atom stereocenters. The van der Waals surface area contributed by atoms with Crippen molar-refractivity contribution in [3.8, 4) is 5.75 Å². The Hall–Kier alpha value is -1.71. The summed E-state index contributed by atoms with van der Waals surface area (Å²) < 4.78 is 5.75. The zero-order chi connectivity index (χ0) is 20.0. The monoisotopic (exact) mass is 388 g/mol. The van der Waals surface area contributed by atoms with Gasteiger partial charge in [0.1, 0.15) is 5.75 Å². The smallest absolute Gasteiger partial charge is 0.222 e. The van der Waals surface area contributed by atoms with Crippen LogP contribution in [0.15, 0.2) is 24.3 Å². The SMILES string of the molecule is CCCCCCCCCCCC(=O)N1CCN(c2ccccc2OCC)CC1. The Morgan fingerprint density at radius 1 is 0.857 bits per heavy atom. The highest BCUT2D eigenvalue weighted by atomic mass is 16.5. The summed E-state index contributed by atoms with van der Waals surface area (Å²) in [6.45, 7) is 8.35. The quantitative estimate of drug-likeness (QED) is 0.409. The van der Waals surface area contributed by atoms with E-state index in [1.54, 1.807) is 0 Å². The number of carbonyl (C=O) groups excluding carboxylic acids is 1. The Labute approximate surface area is 172 Å². The lowest BCUT2D eigenvalue weighted by Crippen LogP contribution is -2.48. The Kier molecular flexibility index (Phi) is 10.9. The van der Waals surface area contributed by atoms with Crippen LogP contribution < -0.4 is 9.64 Å². The van der Waals surface area contributed by atoms with Crippen LogP contribution in [-0.4, -0.2) is 43.6 Å². The fourth-order valence-electron chi connectivity index (χ4n) is 3.94. The summed E-state index contributed by atoms with van der Waals surface area (Å²) in [4.78, 5) is 16.9. The lowest BCUT2D eigenvalue weighted by Gasteiger charge is -2.36. The molecule has 158 valence electrons. The standard InChI is InChI=1S/C24H40N2O2/c1-3-5-6-7-8-9-10-11-12-17-24(27)26-20-18-25(19-21-26)22-15-13-14-16-23(22)28-4-2/h13-16H,3-12,17-21H2,1-2H3. The van der Waals surface area contributed by atoms with E-state index in [0.717, 1.165) is 44.0 Å². The minimum atomic E-state index is 0.334. The number of amides is 1. The predicted octanol–water partition coefficient (Wildman–Crippen LogP) is 5.65. The molecule has 0 saturated carbocycles. The second kappa shape index (κ2) is 13.5. The van der Waals surface area contributed by atoms with E-state index < -0.39 is 0 Å². The molecule has 1 aliphatic heterocycles. The topological polar surface area (TPSA) is 32.8 Å². The molecule has 28 heavy (non-hydrogen) atoms. The van der Waals surface area contributed by atoms with Gasteiger partial charge in [-0.25, -0.2) is 0 Å². The number of para-hydroxylation sites is 2. The van der Waals surface area contributed by atoms with Crippen LogP contribution in [0.2, 0.25) is 0 Å². The predicted molar refractivity (Wildman–Crippen MR) is 118 cm³/mol. The minimum Gasteiger partial charge on any atom is -0.492 e. The number of carbonyl (C=O) groups is 1. The van der Waals surface area contributed by atoms with Crippen LogP contribution in [0.25, 0.3) is 0 Å². The summed E-state index contributed by atoms with van der Waals surface area (Å²) in [6.07, 6.45) is 12.4. The maximum absolute atomic E-state index is 12.5. The highest BCUT2D eigenvalue weighted by Crippen LogP contribution is 2.28. The van der Waals surface area contributed by atoms with E-state index in [0.29, 0.717) is 18.9 Å². The van der Waals surface area contributed by atoms with E-state index in [2.05, 4.69) is 24.0 Å². The van der Waals surface area contributed by atoms with Crippen molar-refractivity contribution in [2.45, 2.75) is 78.1 Å². The van der Waals surface area contributed by atoms with Gasteiger partial charge in [0.15, 0.2) is 0 Å². The van der Waals surface area contributed by atoms with Gasteiger partial charge in [-0.15, -0.1) is 0 Å². The molecular weight excluding hydrogens is 348 g/mol. The van der Waals surface area contributed by atoms with Gasteiger partial charge in [0.2, 0.25) is 5.91 Å². The van der Waals surface area contributed by atoms with Crippen LogP contribution in [-0.2, 0) is 4.79 Å².